The molecular weight excluding hydrogens is 550 g/mol. The van der Waals surface area contributed by atoms with E-state index in [1.54, 1.807) is 24.3 Å². The Kier molecular flexibility index (Phi) is 8.37. The van der Waals surface area contributed by atoms with Crippen molar-refractivity contribution in [1.29, 1.82) is 5.26 Å². The first-order valence-corrected chi connectivity index (χ1v) is 13.4. The van der Waals surface area contributed by atoms with Crippen molar-refractivity contribution in [3.8, 4) is 11.8 Å². The number of amides is 2. The van der Waals surface area contributed by atoms with Crippen LogP contribution in [0.2, 0.25) is 0 Å². The van der Waals surface area contributed by atoms with E-state index >= 15 is 0 Å². The van der Waals surface area contributed by atoms with Gasteiger partial charge in [-0.1, -0.05) is 77.9 Å². The Hall–Kier alpha value is -3.54. The number of rotatable bonds is 7. The van der Waals surface area contributed by atoms with E-state index in [0.29, 0.717) is 34.5 Å². The second kappa shape index (κ2) is 11.7. The largest absolute Gasteiger partial charge is 0.495 e. The van der Waals surface area contributed by atoms with Crippen LogP contribution in [0.5, 0.6) is 5.75 Å². The lowest BCUT2D eigenvalue weighted by molar-refractivity contribution is -0.117. The third-order valence-corrected chi connectivity index (χ3v) is 7.80. The summed E-state index contributed by atoms with van der Waals surface area (Å²) in [4.78, 5) is 28.5. The second-order valence-corrected chi connectivity index (χ2v) is 10.9. The van der Waals surface area contributed by atoms with Gasteiger partial charge in [-0.15, -0.1) is 0 Å². The van der Waals surface area contributed by atoms with Crippen LogP contribution in [0.3, 0.4) is 0 Å². The number of methoxy groups -OCH3 is 1. The molecular formula is C29H26BrN3O3S. The molecule has 0 aromatic heterocycles. The fourth-order valence-electron chi connectivity index (χ4n) is 4.00. The van der Waals surface area contributed by atoms with Gasteiger partial charge in [-0.05, 0) is 59.9 Å². The number of carbonyl (C=O) groups is 2. The SMILES string of the molecule is COc1ccccc1NC(=O)/C(C#N)=C1\SC(Cc2ccc(Br)cc2)C(=O)N1c1ccc(C(C)C)cc1. The van der Waals surface area contributed by atoms with Crippen molar-refractivity contribution in [3.05, 3.63) is 99.0 Å². The van der Waals surface area contributed by atoms with Gasteiger partial charge in [0.25, 0.3) is 5.91 Å². The third-order valence-electron chi connectivity index (χ3n) is 6.01. The first kappa shape index (κ1) is 26.5. The number of anilines is 2. The van der Waals surface area contributed by atoms with E-state index in [0.717, 1.165) is 15.6 Å². The zero-order chi connectivity index (χ0) is 26.5. The molecule has 4 rings (SSSR count). The average molecular weight is 577 g/mol. The number of ether oxygens (including phenoxy) is 1. The highest BCUT2D eigenvalue weighted by Gasteiger charge is 2.41. The molecule has 1 aliphatic rings. The topological polar surface area (TPSA) is 82.4 Å². The van der Waals surface area contributed by atoms with E-state index in [1.807, 2.05) is 54.6 Å². The summed E-state index contributed by atoms with van der Waals surface area (Å²) in [7, 11) is 1.51. The molecule has 8 heteroatoms. The Morgan fingerprint density at radius 3 is 2.41 bits per heavy atom. The van der Waals surface area contributed by atoms with E-state index in [4.69, 9.17) is 4.74 Å². The maximum absolute atomic E-state index is 13.7. The van der Waals surface area contributed by atoms with Gasteiger partial charge >= 0.3 is 0 Å². The average Bonchev–Trinajstić information content (AvgIpc) is 3.21. The van der Waals surface area contributed by atoms with Crippen molar-refractivity contribution >= 4 is 50.9 Å². The van der Waals surface area contributed by atoms with Gasteiger partial charge in [-0.3, -0.25) is 14.5 Å². The van der Waals surface area contributed by atoms with Crippen molar-refractivity contribution in [2.75, 3.05) is 17.3 Å². The molecule has 1 atom stereocenters. The van der Waals surface area contributed by atoms with Crippen LogP contribution in [0.1, 0.15) is 30.9 Å². The van der Waals surface area contributed by atoms with Gasteiger partial charge < -0.3 is 10.1 Å². The van der Waals surface area contributed by atoms with Crippen LogP contribution >= 0.6 is 27.7 Å². The second-order valence-electron chi connectivity index (χ2n) is 8.80. The molecule has 188 valence electrons. The summed E-state index contributed by atoms with van der Waals surface area (Å²) in [5, 5.41) is 12.7. The maximum Gasteiger partial charge on any atom is 0.269 e. The number of hydrogen-bond acceptors (Lipinski definition) is 5. The number of hydrogen-bond donors (Lipinski definition) is 1. The molecule has 1 unspecified atom stereocenters. The first-order valence-electron chi connectivity index (χ1n) is 11.8. The van der Waals surface area contributed by atoms with Crippen LogP contribution in [-0.4, -0.2) is 24.2 Å². The lowest BCUT2D eigenvalue weighted by Crippen LogP contribution is -2.31. The quantitative estimate of drug-likeness (QED) is 0.252. The fraction of sp³-hybridized carbons (Fsp3) is 0.207. The Labute approximate surface area is 229 Å². The molecule has 1 saturated heterocycles. The van der Waals surface area contributed by atoms with Gasteiger partial charge in [-0.25, -0.2) is 0 Å². The van der Waals surface area contributed by atoms with Crippen molar-refractivity contribution in [1.82, 2.24) is 0 Å². The van der Waals surface area contributed by atoms with Gasteiger partial charge in [-0.2, -0.15) is 5.26 Å². The van der Waals surface area contributed by atoms with Crippen molar-refractivity contribution in [2.24, 2.45) is 0 Å². The van der Waals surface area contributed by atoms with Gasteiger partial charge in [0.15, 0.2) is 0 Å². The van der Waals surface area contributed by atoms with Gasteiger partial charge in [0.1, 0.15) is 22.4 Å². The van der Waals surface area contributed by atoms with Crippen LogP contribution in [0.4, 0.5) is 11.4 Å². The Morgan fingerprint density at radius 1 is 1.11 bits per heavy atom. The molecule has 0 bridgehead atoms. The van der Waals surface area contributed by atoms with E-state index in [1.165, 1.54) is 23.8 Å². The van der Waals surface area contributed by atoms with E-state index in [9.17, 15) is 14.9 Å². The third kappa shape index (κ3) is 5.90. The van der Waals surface area contributed by atoms with E-state index in [-0.39, 0.29) is 11.5 Å². The smallest absolute Gasteiger partial charge is 0.269 e. The molecule has 0 aliphatic carbocycles. The lowest BCUT2D eigenvalue weighted by atomic mass is 10.0. The Balaban J connectivity index is 1.74. The number of nitrogens with zero attached hydrogens (tertiary/aromatic N) is 2. The molecule has 0 spiro atoms. The first-order chi connectivity index (χ1) is 17.8. The molecule has 6 nitrogen and oxygen atoms in total. The molecule has 0 saturated carbocycles. The number of benzene rings is 3. The minimum Gasteiger partial charge on any atom is -0.495 e. The number of carbonyl (C=O) groups excluding carboxylic acids is 2. The summed E-state index contributed by atoms with van der Waals surface area (Å²) in [5.41, 5.74) is 3.05. The number of nitrogens with one attached hydrogen (secondary N) is 1. The minimum atomic E-state index is -0.601. The molecule has 2 amide bonds. The number of para-hydroxylation sites is 2. The van der Waals surface area contributed by atoms with E-state index < -0.39 is 11.2 Å². The molecule has 1 N–H and O–H groups in total. The van der Waals surface area contributed by atoms with E-state index in [2.05, 4.69) is 35.1 Å². The Bertz CT molecular complexity index is 1380. The Morgan fingerprint density at radius 2 is 1.78 bits per heavy atom. The summed E-state index contributed by atoms with van der Waals surface area (Å²) in [6.07, 6.45) is 0.466. The minimum absolute atomic E-state index is 0.129. The van der Waals surface area contributed by atoms with Crippen molar-refractivity contribution in [2.45, 2.75) is 31.4 Å². The fourth-order valence-corrected chi connectivity index (χ4v) is 5.57. The van der Waals surface area contributed by atoms with Crippen LogP contribution in [0, 0.1) is 11.3 Å². The van der Waals surface area contributed by atoms with Gasteiger partial charge in [0.2, 0.25) is 5.91 Å². The molecule has 3 aromatic carbocycles. The van der Waals surface area contributed by atoms with Crippen LogP contribution in [-0.2, 0) is 16.0 Å². The summed E-state index contributed by atoms with van der Waals surface area (Å²) < 4.78 is 6.28. The summed E-state index contributed by atoms with van der Waals surface area (Å²) in [5.74, 6) is 0.0372. The summed E-state index contributed by atoms with van der Waals surface area (Å²) in [6, 6.07) is 24.5. The number of nitriles is 1. The number of halogens is 1. The van der Waals surface area contributed by atoms with Crippen LogP contribution in [0.25, 0.3) is 0 Å². The predicted molar refractivity (Wildman–Crippen MR) is 152 cm³/mol. The van der Waals surface area contributed by atoms with Crippen LogP contribution in [0.15, 0.2) is 87.9 Å². The highest BCUT2D eigenvalue weighted by molar-refractivity contribution is 9.10. The molecule has 37 heavy (non-hydrogen) atoms. The highest BCUT2D eigenvalue weighted by Crippen LogP contribution is 2.42. The summed E-state index contributed by atoms with van der Waals surface area (Å²) in [6.45, 7) is 4.20. The monoisotopic (exact) mass is 575 g/mol. The highest BCUT2D eigenvalue weighted by atomic mass is 79.9. The molecule has 0 radical (unpaired) electrons. The van der Waals surface area contributed by atoms with Crippen molar-refractivity contribution in [3.63, 3.8) is 0 Å². The zero-order valence-corrected chi connectivity index (χ0v) is 23.1. The lowest BCUT2D eigenvalue weighted by Gasteiger charge is -2.20. The van der Waals surface area contributed by atoms with Gasteiger partial charge in [0, 0.05) is 10.2 Å². The summed E-state index contributed by atoms with van der Waals surface area (Å²) >= 11 is 4.68. The standard InChI is InChI=1S/C29H26BrN3O3S/c1-18(2)20-10-14-22(15-11-20)33-28(35)26(16-19-8-12-21(30)13-9-19)37-29(33)23(17-31)27(34)32-24-6-4-5-7-25(24)36-3/h4-15,18,26H,16H2,1-3H3,(H,32,34)/b29-23-. The van der Waals surface area contributed by atoms with Crippen molar-refractivity contribution < 1.29 is 14.3 Å². The van der Waals surface area contributed by atoms with Gasteiger partial charge in [0.05, 0.1) is 18.0 Å². The number of thioether (sulfide) groups is 1. The molecule has 3 aromatic rings. The normalized spacial score (nSPS) is 16.5. The molecule has 1 fully saturated rings. The predicted octanol–water partition coefficient (Wildman–Crippen LogP) is 6.65. The molecule has 1 heterocycles. The van der Waals surface area contributed by atoms with Crippen LogP contribution < -0.4 is 15.0 Å². The molecule has 1 aliphatic heterocycles. The zero-order valence-electron chi connectivity index (χ0n) is 20.7. The maximum atomic E-state index is 13.7.